The van der Waals surface area contributed by atoms with Crippen LogP contribution >= 0.6 is 11.8 Å². The number of benzene rings is 2. The van der Waals surface area contributed by atoms with Crippen LogP contribution in [-0.4, -0.2) is 37.0 Å². The first-order valence-electron chi connectivity index (χ1n) is 11.3. The van der Waals surface area contributed by atoms with Gasteiger partial charge < -0.3 is 4.74 Å². The lowest BCUT2D eigenvalue weighted by atomic mass is 10.0. The first kappa shape index (κ1) is 22.1. The van der Waals surface area contributed by atoms with E-state index in [-0.39, 0.29) is 5.91 Å². The number of thioether (sulfide) groups is 1. The molecule has 0 aliphatic carbocycles. The standard InChI is InChI=1S/C25H24N6O2S/c1-3-14-34-25-27-23-22(29-30-25)17-12-8-9-13-19(17)31(20(32)4-2)24(33-23)18-15-26-28-21(18)16-10-6-5-7-11-16/h5-13,15,24H,3-4,14H2,1-2H3,(H,26,28)/t24-/m0/s1. The third-order valence-corrected chi connectivity index (χ3v) is 6.56. The number of fused-ring (bicyclic) bond motifs is 3. The van der Waals surface area contributed by atoms with Crippen molar-refractivity contribution in [2.75, 3.05) is 10.7 Å². The highest BCUT2D eigenvalue weighted by molar-refractivity contribution is 7.99. The predicted octanol–water partition coefficient (Wildman–Crippen LogP) is 5.27. The van der Waals surface area contributed by atoms with E-state index in [0.29, 0.717) is 28.8 Å². The van der Waals surface area contributed by atoms with E-state index in [4.69, 9.17) is 9.72 Å². The Morgan fingerprint density at radius 2 is 1.88 bits per heavy atom. The highest BCUT2D eigenvalue weighted by Crippen LogP contribution is 2.44. The summed E-state index contributed by atoms with van der Waals surface area (Å²) < 4.78 is 6.52. The third kappa shape index (κ3) is 4.03. The molecular weight excluding hydrogens is 448 g/mol. The number of rotatable bonds is 6. The number of amides is 1. The van der Waals surface area contributed by atoms with E-state index in [0.717, 1.165) is 34.6 Å². The van der Waals surface area contributed by atoms with Gasteiger partial charge in [-0.3, -0.25) is 14.8 Å². The Labute approximate surface area is 201 Å². The zero-order chi connectivity index (χ0) is 23.5. The molecule has 0 fully saturated rings. The second kappa shape index (κ2) is 9.64. The first-order chi connectivity index (χ1) is 16.7. The van der Waals surface area contributed by atoms with Crippen LogP contribution in [0.4, 0.5) is 5.69 Å². The van der Waals surface area contributed by atoms with Crippen molar-refractivity contribution < 1.29 is 9.53 Å². The lowest BCUT2D eigenvalue weighted by Gasteiger charge is -2.30. The van der Waals surface area contributed by atoms with E-state index < -0.39 is 6.23 Å². The van der Waals surface area contributed by atoms with E-state index in [1.165, 1.54) is 11.8 Å². The third-order valence-electron chi connectivity index (χ3n) is 5.52. The molecule has 0 radical (unpaired) electrons. The largest absolute Gasteiger partial charge is 0.447 e. The summed E-state index contributed by atoms with van der Waals surface area (Å²) >= 11 is 1.53. The number of nitrogens with zero attached hydrogens (tertiary/aromatic N) is 5. The van der Waals surface area contributed by atoms with Gasteiger partial charge in [0.2, 0.25) is 23.2 Å². The molecule has 1 amide bonds. The zero-order valence-corrected chi connectivity index (χ0v) is 19.7. The monoisotopic (exact) mass is 472 g/mol. The number of para-hydroxylation sites is 1. The van der Waals surface area contributed by atoms with Gasteiger partial charge in [0, 0.05) is 23.3 Å². The smallest absolute Gasteiger partial charge is 0.247 e. The molecule has 1 atom stereocenters. The molecule has 0 saturated carbocycles. The summed E-state index contributed by atoms with van der Waals surface area (Å²) in [6, 6.07) is 17.5. The Balaban J connectivity index is 1.71. The van der Waals surface area contributed by atoms with E-state index >= 15 is 0 Å². The molecule has 9 heteroatoms. The van der Waals surface area contributed by atoms with Gasteiger partial charge in [0.1, 0.15) is 0 Å². The molecule has 5 rings (SSSR count). The van der Waals surface area contributed by atoms with E-state index in [1.54, 1.807) is 11.1 Å². The number of H-pyrrole nitrogens is 1. The number of anilines is 1. The molecule has 0 saturated heterocycles. The van der Waals surface area contributed by atoms with Crippen LogP contribution < -0.4 is 9.64 Å². The van der Waals surface area contributed by atoms with Gasteiger partial charge in [-0.1, -0.05) is 74.1 Å². The van der Waals surface area contributed by atoms with Crippen LogP contribution in [-0.2, 0) is 4.79 Å². The quantitative estimate of drug-likeness (QED) is 0.382. The molecule has 0 bridgehead atoms. The van der Waals surface area contributed by atoms with E-state index in [9.17, 15) is 4.79 Å². The molecule has 4 aromatic rings. The molecule has 3 heterocycles. The fraction of sp³-hybridized carbons (Fsp3) is 0.240. The summed E-state index contributed by atoms with van der Waals surface area (Å²) in [4.78, 5) is 19.7. The number of carbonyl (C=O) groups excluding carboxylic acids is 1. The molecule has 1 aliphatic rings. The molecule has 0 spiro atoms. The zero-order valence-electron chi connectivity index (χ0n) is 18.9. The van der Waals surface area contributed by atoms with Crippen LogP contribution in [0.5, 0.6) is 5.88 Å². The lowest BCUT2D eigenvalue weighted by Crippen LogP contribution is -2.37. The number of hydrogen-bond donors (Lipinski definition) is 1. The minimum Gasteiger partial charge on any atom is -0.447 e. The lowest BCUT2D eigenvalue weighted by molar-refractivity contribution is -0.120. The SMILES string of the molecule is CCCSc1nnc2c(n1)O[C@@H](c1cn[nH]c1-c1ccccc1)N(C(=O)CC)c1ccccc1-2. The van der Waals surface area contributed by atoms with Crippen molar-refractivity contribution in [3.05, 3.63) is 66.4 Å². The summed E-state index contributed by atoms with van der Waals surface area (Å²) in [5, 5.41) is 16.7. The van der Waals surface area contributed by atoms with Crippen molar-refractivity contribution >= 4 is 23.4 Å². The molecular formula is C25H24N6O2S. The fourth-order valence-corrected chi connectivity index (χ4v) is 4.56. The Morgan fingerprint density at radius 3 is 2.68 bits per heavy atom. The van der Waals surface area contributed by atoms with Gasteiger partial charge >= 0.3 is 0 Å². The summed E-state index contributed by atoms with van der Waals surface area (Å²) in [5.74, 6) is 1.14. The number of ether oxygens (including phenoxy) is 1. The van der Waals surface area contributed by atoms with Crippen LogP contribution in [0, 0.1) is 0 Å². The van der Waals surface area contributed by atoms with Gasteiger partial charge in [-0.05, 0) is 12.5 Å². The average molecular weight is 473 g/mol. The molecule has 172 valence electrons. The van der Waals surface area contributed by atoms with Crippen molar-refractivity contribution in [3.8, 4) is 28.4 Å². The van der Waals surface area contributed by atoms with Gasteiger partial charge in [-0.15, -0.1) is 10.2 Å². The van der Waals surface area contributed by atoms with Crippen LogP contribution in [0.3, 0.4) is 0 Å². The highest BCUT2D eigenvalue weighted by atomic mass is 32.2. The van der Waals surface area contributed by atoms with E-state index in [2.05, 4.69) is 27.3 Å². The van der Waals surface area contributed by atoms with Crippen molar-refractivity contribution in [2.45, 2.75) is 38.1 Å². The predicted molar refractivity (Wildman–Crippen MR) is 131 cm³/mol. The summed E-state index contributed by atoms with van der Waals surface area (Å²) in [6.07, 6.45) is 2.22. The maximum Gasteiger partial charge on any atom is 0.247 e. The average Bonchev–Trinajstić information content (AvgIpc) is 3.32. The maximum atomic E-state index is 13.3. The highest BCUT2D eigenvalue weighted by Gasteiger charge is 2.37. The minimum atomic E-state index is -0.787. The van der Waals surface area contributed by atoms with Gasteiger partial charge in [0.05, 0.1) is 23.1 Å². The second-order valence-electron chi connectivity index (χ2n) is 7.77. The second-order valence-corrected chi connectivity index (χ2v) is 8.83. The van der Waals surface area contributed by atoms with Crippen LogP contribution in [0.1, 0.15) is 38.5 Å². The number of aromatic amines is 1. The Morgan fingerprint density at radius 1 is 1.09 bits per heavy atom. The molecule has 2 aromatic heterocycles. The normalized spacial score (nSPS) is 14.6. The van der Waals surface area contributed by atoms with Gasteiger partial charge in [0.25, 0.3) is 0 Å². The van der Waals surface area contributed by atoms with Gasteiger partial charge in [0.15, 0.2) is 5.69 Å². The van der Waals surface area contributed by atoms with E-state index in [1.807, 2.05) is 61.5 Å². The molecule has 1 N–H and O–H groups in total. The van der Waals surface area contributed by atoms with Crippen molar-refractivity contribution in [3.63, 3.8) is 0 Å². The van der Waals surface area contributed by atoms with Crippen molar-refractivity contribution in [2.24, 2.45) is 0 Å². The molecule has 34 heavy (non-hydrogen) atoms. The number of aromatic nitrogens is 5. The summed E-state index contributed by atoms with van der Waals surface area (Å²) in [6.45, 7) is 3.94. The molecule has 1 aliphatic heterocycles. The maximum absolute atomic E-state index is 13.3. The molecule has 2 aromatic carbocycles. The minimum absolute atomic E-state index is 0.0843. The Kier molecular flexibility index (Phi) is 6.27. The van der Waals surface area contributed by atoms with Crippen LogP contribution in [0.15, 0.2) is 66.0 Å². The molecule has 0 unspecified atom stereocenters. The van der Waals surface area contributed by atoms with Crippen molar-refractivity contribution in [1.82, 2.24) is 25.4 Å². The summed E-state index contributed by atoms with van der Waals surface area (Å²) in [5.41, 5.74) is 4.42. The summed E-state index contributed by atoms with van der Waals surface area (Å²) in [7, 11) is 0. The number of hydrogen-bond acceptors (Lipinski definition) is 7. The Bertz CT molecular complexity index is 1310. The number of nitrogens with one attached hydrogen (secondary N) is 1. The van der Waals surface area contributed by atoms with Gasteiger partial charge in [-0.25, -0.2) is 0 Å². The number of carbonyl (C=O) groups is 1. The molecule has 8 nitrogen and oxygen atoms in total. The fourth-order valence-electron chi connectivity index (χ4n) is 3.93. The van der Waals surface area contributed by atoms with Crippen LogP contribution in [0.25, 0.3) is 22.5 Å². The van der Waals surface area contributed by atoms with Crippen LogP contribution in [0.2, 0.25) is 0 Å². The topological polar surface area (TPSA) is 96.9 Å². The first-order valence-corrected chi connectivity index (χ1v) is 12.2. The van der Waals surface area contributed by atoms with Gasteiger partial charge in [-0.2, -0.15) is 10.1 Å². The Hall–Kier alpha value is -3.72. The van der Waals surface area contributed by atoms with Crippen molar-refractivity contribution in [1.29, 1.82) is 0 Å².